The molecule has 4 rings (SSSR count). The summed E-state index contributed by atoms with van der Waals surface area (Å²) in [6, 6.07) is 21.2. The van der Waals surface area contributed by atoms with Gasteiger partial charge in [-0.15, -0.1) is 17.2 Å². The van der Waals surface area contributed by atoms with Crippen LogP contribution in [-0.4, -0.2) is 14.9 Å². The normalized spacial score (nSPS) is 11.7. The van der Waals surface area contributed by atoms with Gasteiger partial charge in [-0.3, -0.25) is 14.9 Å². The predicted molar refractivity (Wildman–Crippen MR) is 199 cm³/mol. The fourth-order valence-electron chi connectivity index (χ4n) is 5.24. The Labute approximate surface area is 318 Å². The van der Waals surface area contributed by atoms with Crippen LogP contribution in [0.1, 0.15) is 129 Å². The minimum atomic E-state index is -0.391. The van der Waals surface area contributed by atoms with Gasteiger partial charge in [0.2, 0.25) is 0 Å². The van der Waals surface area contributed by atoms with E-state index < -0.39 is 5.75 Å². The van der Waals surface area contributed by atoms with Gasteiger partial charge in [0, 0.05) is 39.0 Å². The fraction of sp³-hybridized carbons (Fsp3) is 0.465. The van der Waals surface area contributed by atoms with Crippen LogP contribution in [0.5, 0.6) is 17.2 Å². The molecule has 7 nitrogen and oxygen atoms in total. The first-order valence-electron chi connectivity index (χ1n) is 17.2. The number of rotatable bonds is 6. The summed E-state index contributed by atoms with van der Waals surface area (Å²) >= 11 is 0. The first-order valence-corrected chi connectivity index (χ1v) is 17.2. The third-order valence-corrected chi connectivity index (χ3v) is 8.19. The SMILES string of the molecule is CC#N.CC(C)(C)c1cc(CN(Cc2ccccn2)Cc2ccccn2)c([O-])c(C(C)(C)C)c1.CC(C)(C)c1cc([O-])c([O-])c(C(C)(C)C)c1.[Co+3]. The second-order valence-corrected chi connectivity index (χ2v) is 16.9. The fourth-order valence-corrected chi connectivity index (χ4v) is 5.24. The molecule has 2 heterocycles. The van der Waals surface area contributed by atoms with Gasteiger partial charge in [0.15, 0.2) is 0 Å². The molecule has 0 atom stereocenters. The van der Waals surface area contributed by atoms with Crippen LogP contribution in [0.15, 0.2) is 73.1 Å². The van der Waals surface area contributed by atoms with Crippen molar-refractivity contribution in [3.8, 4) is 23.3 Å². The van der Waals surface area contributed by atoms with E-state index in [0.29, 0.717) is 25.2 Å². The minimum Gasteiger partial charge on any atom is -0.873 e. The van der Waals surface area contributed by atoms with Crippen LogP contribution in [0, 0.1) is 11.3 Å². The van der Waals surface area contributed by atoms with Gasteiger partial charge in [-0.2, -0.15) is 5.26 Å². The van der Waals surface area contributed by atoms with Gasteiger partial charge in [-0.1, -0.05) is 125 Å². The van der Waals surface area contributed by atoms with Crippen molar-refractivity contribution < 1.29 is 32.1 Å². The molecule has 51 heavy (non-hydrogen) atoms. The Kier molecular flexibility index (Phi) is 16.4. The smallest absolute Gasteiger partial charge is 0.873 e. The van der Waals surface area contributed by atoms with Crippen molar-refractivity contribution in [2.75, 3.05) is 0 Å². The van der Waals surface area contributed by atoms with Gasteiger partial charge in [-0.25, -0.2) is 0 Å². The Hall–Kier alpha value is -3.90. The molecule has 0 fully saturated rings. The van der Waals surface area contributed by atoms with Crippen molar-refractivity contribution >= 4 is 0 Å². The Balaban J connectivity index is 0.000000548. The number of benzene rings is 2. The topological polar surface area (TPSA) is 122 Å². The molecule has 0 spiro atoms. The Morgan fingerprint density at radius 1 is 0.588 bits per heavy atom. The number of nitrogens with zero attached hydrogens (tertiary/aromatic N) is 4. The molecule has 2 aromatic heterocycles. The van der Waals surface area contributed by atoms with Crippen LogP contribution in [-0.2, 0) is 58.1 Å². The van der Waals surface area contributed by atoms with Crippen molar-refractivity contribution in [2.45, 2.75) is 131 Å². The molecule has 0 N–H and O–H groups in total. The molecule has 0 saturated carbocycles. The van der Waals surface area contributed by atoms with E-state index in [1.54, 1.807) is 6.07 Å². The number of nitriles is 1. The molecule has 0 unspecified atom stereocenters. The van der Waals surface area contributed by atoms with Crippen LogP contribution in [0.25, 0.3) is 0 Å². The van der Waals surface area contributed by atoms with Crippen molar-refractivity contribution in [3.05, 3.63) is 112 Å². The molecule has 0 aliphatic heterocycles. The second kappa shape index (κ2) is 18.5. The van der Waals surface area contributed by atoms with Crippen molar-refractivity contribution in [3.63, 3.8) is 0 Å². The minimum absolute atomic E-state index is 0. The summed E-state index contributed by atoms with van der Waals surface area (Å²) in [5.41, 5.74) is 5.80. The molecule has 8 heteroatoms. The summed E-state index contributed by atoms with van der Waals surface area (Å²) < 4.78 is 0. The molecular formula is C43H57CoN4O3. The maximum absolute atomic E-state index is 13.5. The van der Waals surface area contributed by atoms with Crippen molar-refractivity contribution in [1.29, 1.82) is 5.26 Å². The van der Waals surface area contributed by atoms with E-state index in [1.165, 1.54) is 18.6 Å². The molecular weight excluding hydrogens is 679 g/mol. The summed E-state index contributed by atoms with van der Waals surface area (Å²) in [7, 11) is 0. The van der Waals surface area contributed by atoms with Gasteiger partial charge in [0.05, 0.1) is 17.5 Å². The van der Waals surface area contributed by atoms with E-state index in [2.05, 4.69) is 68.5 Å². The van der Waals surface area contributed by atoms with Crippen molar-refractivity contribution in [2.24, 2.45) is 0 Å². The summed E-state index contributed by atoms with van der Waals surface area (Å²) in [6.45, 7) is 28.2. The van der Waals surface area contributed by atoms with Crippen LogP contribution in [0.4, 0.5) is 0 Å². The van der Waals surface area contributed by atoms with Crippen LogP contribution < -0.4 is 15.3 Å². The average molecular weight is 737 g/mol. The first kappa shape index (κ1) is 45.1. The Bertz CT molecular complexity index is 1670. The molecule has 0 bridgehead atoms. The molecule has 0 aliphatic carbocycles. The Morgan fingerprint density at radius 2 is 0.980 bits per heavy atom. The van der Waals surface area contributed by atoms with Gasteiger partial charge < -0.3 is 15.3 Å². The van der Waals surface area contributed by atoms with Crippen LogP contribution >= 0.6 is 0 Å². The standard InChI is InChI=1S/C27H35N3O.C14H22O2.C2H3N.Co/c1-26(2,3)21-15-20(25(31)24(16-21)27(4,5)6)17-30(18-22-11-7-9-13-28-22)19-23-12-8-10-14-29-23;1-13(2,3)9-7-10(14(4,5)6)12(16)11(15)8-9;1-2-3;/h7-16,31H,17-19H2,1-6H3;7-8,15-16H,1-6H3;1H3;/q;;;+3/p-3. The van der Waals surface area contributed by atoms with E-state index in [-0.39, 0.29) is 49.9 Å². The molecule has 276 valence electrons. The summed E-state index contributed by atoms with van der Waals surface area (Å²) in [5, 5.41) is 44.2. The van der Waals surface area contributed by atoms with Gasteiger partial charge in [0.25, 0.3) is 0 Å². The van der Waals surface area contributed by atoms with E-state index in [1.807, 2.05) is 96.4 Å². The quantitative estimate of drug-likeness (QED) is 0.195. The molecule has 0 radical (unpaired) electrons. The summed E-state index contributed by atoms with van der Waals surface area (Å²) in [5.74, 6) is -0.606. The van der Waals surface area contributed by atoms with Gasteiger partial charge >= 0.3 is 16.8 Å². The van der Waals surface area contributed by atoms with Crippen LogP contribution in [0.3, 0.4) is 0 Å². The zero-order chi connectivity index (χ0) is 38.1. The average Bonchev–Trinajstić information content (AvgIpc) is 2.99. The summed E-state index contributed by atoms with van der Waals surface area (Å²) in [4.78, 5) is 11.2. The van der Waals surface area contributed by atoms with Gasteiger partial charge in [-0.05, 0) is 68.2 Å². The molecule has 4 aromatic rings. The van der Waals surface area contributed by atoms with E-state index in [9.17, 15) is 15.3 Å². The third kappa shape index (κ3) is 14.0. The van der Waals surface area contributed by atoms with E-state index in [0.717, 1.165) is 28.1 Å². The number of hydrogen-bond donors (Lipinski definition) is 0. The maximum Gasteiger partial charge on any atom is 3.00 e. The molecule has 0 aliphatic rings. The summed E-state index contributed by atoms with van der Waals surface area (Å²) in [6.07, 6.45) is 3.62. The maximum atomic E-state index is 13.5. The second-order valence-electron chi connectivity index (χ2n) is 16.9. The number of hydrogen-bond acceptors (Lipinski definition) is 7. The predicted octanol–water partition coefficient (Wildman–Crippen LogP) is 8.30. The van der Waals surface area contributed by atoms with Crippen molar-refractivity contribution in [1.82, 2.24) is 14.9 Å². The van der Waals surface area contributed by atoms with E-state index in [4.69, 9.17) is 5.26 Å². The first-order chi connectivity index (χ1) is 23.0. The van der Waals surface area contributed by atoms with Gasteiger partial charge in [0.1, 0.15) is 0 Å². The Morgan fingerprint density at radius 3 is 1.33 bits per heavy atom. The molecule has 0 amide bonds. The molecule has 0 saturated heterocycles. The molecule has 2 aromatic carbocycles. The zero-order valence-electron chi connectivity index (χ0n) is 32.9. The zero-order valence-corrected chi connectivity index (χ0v) is 33.9. The van der Waals surface area contributed by atoms with Crippen LogP contribution in [0.2, 0.25) is 0 Å². The number of pyridine rings is 2. The number of aromatic nitrogens is 2. The monoisotopic (exact) mass is 736 g/mol. The largest absolute Gasteiger partial charge is 3.00 e. The third-order valence-electron chi connectivity index (χ3n) is 8.19. The van der Waals surface area contributed by atoms with E-state index >= 15 is 0 Å².